The van der Waals surface area contributed by atoms with E-state index in [2.05, 4.69) is 10.0 Å². The topological polar surface area (TPSA) is 67.4 Å². The van der Waals surface area contributed by atoms with Gasteiger partial charge in [-0.05, 0) is 6.42 Å². The minimum atomic E-state index is -3.08. The van der Waals surface area contributed by atoms with E-state index in [-0.39, 0.29) is 5.75 Å². The van der Waals surface area contributed by atoms with Gasteiger partial charge < -0.3 is 10.1 Å². The molecule has 1 heterocycles. The van der Waals surface area contributed by atoms with Gasteiger partial charge in [-0.1, -0.05) is 6.92 Å². The van der Waals surface area contributed by atoms with Gasteiger partial charge in [0.1, 0.15) is 0 Å². The molecule has 14 heavy (non-hydrogen) atoms. The molecule has 1 saturated heterocycles. The molecule has 5 nitrogen and oxygen atoms in total. The van der Waals surface area contributed by atoms with Crippen LogP contribution in [0, 0.1) is 0 Å². The maximum absolute atomic E-state index is 11.2. The minimum Gasteiger partial charge on any atom is -0.380 e. The largest absolute Gasteiger partial charge is 0.380 e. The number of hydrogen-bond acceptors (Lipinski definition) is 4. The first kappa shape index (κ1) is 11.9. The van der Waals surface area contributed by atoms with Crippen molar-refractivity contribution in [3.05, 3.63) is 0 Å². The van der Waals surface area contributed by atoms with Crippen LogP contribution in [-0.4, -0.2) is 46.5 Å². The van der Waals surface area contributed by atoms with Crippen molar-refractivity contribution in [1.82, 2.24) is 10.0 Å². The summed E-state index contributed by atoms with van der Waals surface area (Å²) in [6.07, 6.45) is 0.973. The highest BCUT2D eigenvalue weighted by molar-refractivity contribution is 7.89. The van der Waals surface area contributed by atoms with Crippen LogP contribution < -0.4 is 10.0 Å². The molecule has 1 aliphatic heterocycles. The molecule has 84 valence electrons. The van der Waals surface area contributed by atoms with Crippen LogP contribution >= 0.6 is 0 Å². The van der Waals surface area contributed by atoms with Gasteiger partial charge in [0.15, 0.2) is 0 Å². The third-order valence-electron chi connectivity index (χ3n) is 2.10. The zero-order valence-corrected chi connectivity index (χ0v) is 9.27. The Labute approximate surface area is 85.3 Å². The van der Waals surface area contributed by atoms with E-state index in [1.807, 2.05) is 0 Å². The Hall–Kier alpha value is -0.170. The molecule has 2 N–H and O–H groups in total. The average Bonchev–Trinajstić information content (AvgIpc) is 2.56. The fraction of sp³-hybridized carbons (Fsp3) is 1.00. The Kier molecular flexibility index (Phi) is 4.80. The highest BCUT2D eigenvalue weighted by Crippen LogP contribution is 2.02. The van der Waals surface area contributed by atoms with Crippen LogP contribution in [0.1, 0.15) is 13.3 Å². The summed E-state index contributed by atoms with van der Waals surface area (Å²) in [7, 11) is -3.08. The highest BCUT2D eigenvalue weighted by atomic mass is 32.2. The van der Waals surface area contributed by atoms with Gasteiger partial charge in [-0.15, -0.1) is 0 Å². The predicted octanol–water partition coefficient (Wildman–Crippen LogP) is -0.696. The summed E-state index contributed by atoms with van der Waals surface area (Å²) in [6.45, 7) is 4.19. The second kappa shape index (κ2) is 5.65. The van der Waals surface area contributed by atoms with Crippen LogP contribution in [0.4, 0.5) is 0 Å². The van der Waals surface area contributed by atoms with E-state index in [1.54, 1.807) is 6.92 Å². The van der Waals surface area contributed by atoms with Gasteiger partial charge in [0.05, 0.1) is 12.4 Å². The second-order valence-electron chi connectivity index (χ2n) is 3.33. The maximum Gasteiger partial charge on any atom is 0.212 e. The van der Waals surface area contributed by atoms with Gasteiger partial charge in [-0.2, -0.15) is 0 Å². The lowest BCUT2D eigenvalue weighted by Gasteiger charge is -2.10. The standard InChI is InChI=1S/C8H18N2O3S/c1-2-10-14(11,12)6-4-9-8-3-5-13-7-8/h8-10H,2-7H2,1H3. The van der Waals surface area contributed by atoms with Crippen molar-refractivity contribution in [2.75, 3.05) is 32.1 Å². The summed E-state index contributed by atoms with van der Waals surface area (Å²) in [4.78, 5) is 0. The Morgan fingerprint density at radius 2 is 2.29 bits per heavy atom. The maximum atomic E-state index is 11.2. The first-order chi connectivity index (χ1) is 6.64. The third kappa shape index (κ3) is 4.36. The summed E-state index contributed by atoms with van der Waals surface area (Å²) in [5.74, 6) is 0.136. The Bertz CT molecular complexity index is 247. The van der Waals surface area contributed by atoms with Crippen LogP contribution in [0.25, 0.3) is 0 Å². The van der Waals surface area contributed by atoms with Crippen molar-refractivity contribution in [2.45, 2.75) is 19.4 Å². The Morgan fingerprint density at radius 1 is 1.50 bits per heavy atom. The van der Waals surface area contributed by atoms with Gasteiger partial charge in [0.2, 0.25) is 10.0 Å². The summed E-state index contributed by atoms with van der Waals surface area (Å²) >= 11 is 0. The van der Waals surface area contributed by atoms with E-state index in [9.17, 15) is 8.42 Å². The Balaban J connectivity index is 2.13. The molecule has 0 aromatic carbocycles. The van der Waals surface area contributed by atoms with Crippen LogP contribution in [0.15, 0.2) is 0 Å². The highest BCUT2D eigenvalue weighted by Gasteiger charge is 2.15. The van der Waals surface area contributed by atoms with E-state index < -0.39 is 10.0 Å². The van der Waals surface area contributed by atoms with E-state index in [1.165, 1.54) is 0 Å². The number of ether oxygens (including phenoxy) is 1. The molecule has 1 atom stereocenters. The monoisotopic (exact) mass is 222 g/mol. The number of rotatable bonds is 6. The van der Waals surface area contributed by atoms with Gasteiger partial charge in [-0.25, -0.2) is 13.1 Å². The molecule has 1 rings (SSSR count). The van der Waals surface area contributed by atoms with Crippen molar-refractivity contribution >= 4 is 10.0 Å². The molecule has 1 unspecified atom stereocenters. The van der Waals surface area contributed by atoms with Crippen molar-refractivity contribution in [1.29, 1.82) is 0 Å². The van der Waals surface area contributed by atoms with E-state index >= 15 is 0 Å². The Morgan fingerprint density at radius 3 is 2.86 bits per heavy atom. The number of sulfonamides is 1. The van der Waals surface area contributed by atoms with Crippen molar-refractivity contribution in [3.8, 4) is 0 Å². The van der Waals surface area contributed by atoms with Crippen LogP contribution in [0.2, 0.25) is 0 Å². The lowest BCUT2D eigenvalue weighted by Crippen LogP contribution is -2.36. The molecule has 0 saturated carbocycles. The van der Waals surface area contributed by atoms with E-state index in [0.29, 0.717) is 25.7 Å². The van der Waals surface area contributed by atoms with Gasteiger partial charge in [0, 0.05) is 25.7 Å². The zero-order chi connectivity index (χ0) is 10.4. The predicted molar refractivity (Wildman–Crippen MR) is 54.7 cm³/mol. The van der Waals surface area contributed by atoms with Gasteiger partial charge >= 0.3 is 0 Å². The molecule has 0 aliphatic carbocycles. The van der Waals surface area contributed by atoms with E-state index in [0.717, 1.165) is 13.0 Å². The minimum absolute atomic E-state index is 0.136. The van der Waals surface area contributed by atoms with Crippen LogP contribution in [-0.2, 0) is 14.8 Å². The molecular weight excluding hydrogens is 204 g/mol. The summed E-state index contributed by atoms with van der Waals surface area (Å²) < 4.78 is 30.1. The molecule has 0 bridgehead atoms. The fourth-order valence-corrected chi connectivity index (χ4v) is 2.36. The molecule has 1 fully saturated rings. The summed E-state index contributed by atoms with van der Waals surface area (Å²) in [5.41, 5.74) is 0. The molecule has 0 aromatic heterocycles. The molecular formula is C8H18N2O3S. The summed E-state index contributed by atoms with van der Waals surface area (Å²) in [5, 5.41) is 3.15. The second-order valence-corrected chi connectivity index (χ2v) is 5.26. The van der Waals surface area contributed by atoms with Gasteiger partial charge in [-0.3, -0.25) is 0 Å². The molecule has 0 spiro atoms. The normalized spacial score (nSPS) is 22.8. The first-order valence-corrected chi connectivity index (χ1v) is 6.58. The van der Waals surface area contributed by atoms with Crippen molar-refractivity contribution in [3.63, 3.8) is 0 Å². The van der Waals surface area contributed by atoms with Crippen LogP contribution in [0.3, 0.4) is 0 Å². The third-order valence-corrected chi connectivity index (χ3v) is 3.57. The SMILES string of the molecule is CCNS(=O)(=O)CCNC1CCOC1. The summed E-state index contributed by atoms with van der Waals surface area (Å²) in [6, 6.07) is 0.326. The van der Waals surface area contributed by atoms with Crippen LogP contribution in [0.5, 0.6) is 0 Å². The van der Waals surface area contributed by atoms with Crippen molar-refractivity contribution < 1.29 is 13.2 Å². The lowest BCUT2D eigenvalue weighted by molar-refractivity contribution is 0.190. The first-order valence-electron chi connectivity index (χ1n) is 4.92. The lowest BCUT2D eigenvalue weighted by atomic mass is 10.3. The molecule has 6 heteroatoms. The van der Waals surface area contributed by atoms with E-state index in [4.69, 9.17) is 4.74 Å². The van der Waals surface area contributed by atoms with Gasteiger partial charge in [0.25, 0.3) is 0 Å². The fourth-order valence-electron chi connectivity index (χ4n) is 1.39. The van der Waals surface area contributed by atoms with Crippen molar-refractivity contribution in [2.24, 2.45) is 0 Å². The number of hydrogen-bond donors (Lipinski definition) is 2. The molecule has 0 amide bonds. The molecule has 0 radical (unpaired) electrons. The average molecular weight is 222 g/mol. The number of nitrogens with one attached hydrogen (secondary N) is 2. The smallest absolute Gasteiger partial charge is 0.212 e. The zero-order valence-electron chi connectivity index (χ0n) is 8.45. The molecule has 0 aromatic rings. The quantitative estimate of drug-likeness (QED) is 0.624. The molecule has 1 aliphatic rings.